The van der Waals surface area contributed by atoms with Crippen LogP contribution in [0.2, 0.25) is 0 Å². The molecule has 1 aromatic heterocycles. The number of rotatable bonds is 1. The molecule has 0 aliphatic rings. The van der Waals surface area contributed by atoms with Crippen molar-refractivity contribution in [2.24, 2.45) is 0 Å². The van der Waals surface area contributed by atoms with Crippen molar-refractivity contribution in [1.29, 1.82) is 5.26 Å². The van der Waals surface area contributed by atoms with Crippen LogP contribution in [0.5, 0.6) is 0 Å². The zero-order valence-corrected chi connectivity index (χ0v) is 8.07. The molecule has 0 saturated carbocycles. The summed E-state index contributed by atoms with van der Waals surface area (Å²) in [6.07, 6.45) is 0.0827. The van der Waals surface area contributed by atoms with Gasteiger partial charge in [0.05, 0.1) is 17.5 Å². The molecule has 0 atom stereocenters. The highest BCUT2D eigenvalue weighted by Gasteiger charge is 2.09. The Kier molecular flexibility index (Phi) is 2.10. The molecule has 70 valence electrons. The SMILES string of the molecule is N#CCc1c(F)ccc2sc(N)cc12. The molecule has 2 aromatic rings. The number of benzene rings is 1. The first-order valence-corrected chi connectivity index (χ1v) is 4.87. The van der Waals surface area contributed by atoms with E-state index in [0.717, 1.165) is 10.1 Å². The fourth-order valence-corrected chi connectivity index (χ4v) is 2.28. The summed E-state index contributed by atoms with van der Waals surface area (Å²) in [4.78, 5) is 0. The Bertz CT molecular complexity index is 525. The van der Waals surface area contributed by atoms with E-state index >= 15 is 0 Å². The molecule has 2 rings (SSSR count). The lowest BCUT2D eigenvalue weighted by Crippen LogP contribution is -1.88. The summed E-state index contributed by atoms with van der Waals surface area (Å²) in [6.45, 7) is 0. The first-order chi connectivity index (χ1) is 6.72. The standard InChI is InChI=1S/C10H7FN2S/c11-8-1-2-9-7(5-10(13)14-9)6(8)3-4-12/h1-2,5H,3,13H2. The molecule has 4 heteroatoms. The topological polar surface area (TPSA) is 49.8 Å². The lowest BCUT2D eigenvalue weighted by Gasteiger charge is -1.98. The second-order valence-electron chi connectivity index (χ2n) is 2.92. The van der Waals surface area contributed by atoms with Gasteiger partial charge in [0.1, 0.15) is 5.82 Å². The average molecular weight is 206 g/mol. The largest absolute Gasteiger partial charge is 0.391 e. The summed E-state index contributed by atoms with van der Waals surface area (Å²) in [5, 5.41) is 9.97. The van der Waals surface area contributed by atoms with Crippen molar-refractivity contribution in [1.82, 2.24) is 0 Å². The molecule has 0 spiro atoms. The second kappa shape index (κ2) is 3.28. The minimum absolute atomic E-state index is 0.0827. The maximum absolute atomic E-state index is 13.3. The minimum Gasteiger partial charge on any atom is -0.391 e. The molecular formula is C10H7FN2S. The van der Waals surface area contributed by atoms with Crippen LogP contribution in [0.4, 0.5) is 9.39 Å². The number of fused-ring (bicyclic) bond motifs is 1. The minimum atomic E-state index is -0.336. The molecule has 0 aliphatic heterocycles. The Hall–Kier alpha value is -1.60. The smallest absolute Gasteiger partial charge is 0.128 e. The number of hydrogen-bond donors (Lipinski definition) is 1. The van der Waals surface area contributed by atoms with E-state index < -0.39 is 0 Å². The Labute approximate surface area is 84.4 Å². The van der Waals surface area contributed by atoms with Crippen LogP contribution >= 0.6 is 11.3 Å². The third kappa shape index (κ3) is 1.32. The zero-order chi connectivity index (χ0) is 10.1. The van der Waals surface area contributed by atoms with Gasteiger partial charge < -0.3 is 5.73 Å². The van der Waals surface area contributed by atoms with Gasteiger partial charge in [-0.3, -0.25) is 0 Å². The van der Waals surface area contributed by atoms with Crippen molar-refractivity contribution in [3.63, 3.8) is 0 Å². The molecule has 2 N–H and O–H groups in total. The van der Waals surface area contributed by atoms with Crippen LogP contribution in [0.3, 0.4) is 0 Å². The zero-order valence-electron chi connectivity index (χ0n) is 7.25. The third-order valence-electron chi connectivity index (χ3n) is 2.03. The highest BCUT2D eigenvalue weighted by Crippen LogP contribution is 2.31. The van der Waals surface area contributed by atoms with Crippen LogP contribution in [0, 0.1) is 17.1 Å². The molecule has 0 amide bonds. The van der Waals surface area contributed by atoms with E-state index in [-0.39, 0.29) is 12.2 Å². The van der Waals surface area contributed by atoms with Crippen molar-refractivity contribution in [2.75, 3.05) is 5.73 Å². The number of nitrogen functional groups attached to an aromatic ring is 1. The Morgan fingerprint density at radius 1 is 1.50 bits per heavy atom. The summed E-state index contributed by atoms with van der Waals surface area (Å²) in [7, 11) is 0. The summed E-state index contributed by atoms with van der Waals surface area (Å²) in [6, 6.07) is 6.74. The van der Waals surface area contributed by atoms with Crippen molar-refractivity contribution in [2.45, 2.75) is 6.42 Å². The Balaban J connectivity index is 2.76. The van der Waals surface area contributed by atoms with E-state index in [4.69, 9.17) is 11.0 Å². The number of nitrogens with two attached hydrogens (primary N) is 1. The summed E-state index contributed by atoms with van der Waals surface area (Å²) < 4.78 is 14.3. The van der Waals surface area contributed by atoms with E-state index in [1.54, 1.807) is 12.1 Å². The van der Waals surface area contributed by atoms with Crippen LogP contribution in [0.15, 0.2) is 18.2 Å². The highest BCUT2D eigenvalue weighted by atomic mass is 32.1. The predicted octanol–water partition coefficient (Wildman–Crippen LogP) is 2.69. The van der Waals surface area contributed by atoms with Gasteiger partial charge in [0.2, 0.25) is 0 Å². The quantitative estimate of drug-likeness (QED) is 0.779. The van der Waals surface area contributed by atoms with Gasteiger partial charge in [-0.1, -0.05) is 0 Å². The fraction of sp³-hybridized carbons (Fsp3) is 0.100. The van der Waals surface area contributed by atoms with E-state index in [1.165, 1.54) is 17.4 Å². The maximum atomic E-state index is 13.3. The number of nitriles is 1. The molecular weight excluding hydrogens is 199 g/mol. The molecule has 0 saturated heterocycles. The van der Waals surface area contributed by atoms with Crippen molar-refractivity contribution >= 4 is 26.4 Å². The lowest BCUT2D eigenvalue weighted by atomic mass is 10.1. The number of nitrogens with zero attached hydrogens (tertiary/aromatic N) is 1. The van der Waals surface area contributed by atoms with Gasteiger partial charge in [-0.15, -0.1) is 11.3 Å². The van der Waals surface area contributed by atoms with Crippen LogP contribution in [0.1, 0.15) is 5.56 Å². The number of anilines is 1. The number of thiophene rings is 1. The summed E-state index contributed by atoms with van der Waals surface area (Å²) in [5.74, 6) is -0.336. The molecule has 0 fully saturated rings. The molecule has 1 heterocycles. The van der Waals surface area contributed by atoms with Crippen LogP contribution < -0.4 is 5.73 Å². The molecule has 0 aliphatic carbocycles. The van der Waals surface area contributed by atoms with Gasteiger partial charge >= 0.3 is 0 Å². The summed E-state index contributed by atoms with van der Waals surface area (Å²) >= 11 is 1.40. The van der Waals surface area contributed by atoms with Crippen LogP contribution in [-0.2, 0) is 6.42 Å². The van der Waals surface area contributed by atoms with Gasteiger partial charge in [-0.05, 0) is 18.2 Å². The van der Waals surface area contributed by atoms with Gasteiger partial charge in [0.25, 0.3) is 0 Å². The molecule has 0 radical (unpaired) electrons. The lowest BCUT2D eigenvalue weighted by molar-refractivity contribution is 0.618. The molecule has 0 bridgehead atoms. The molecule has 0 unspecified atom stereocenters. The monoisotopic (exact) mass is 206 g/mol. The third-order valence-corrected chi connectivity index (χ3v) is 2.96. The van der Waals surface area contributed by atoms with Crippen molar-refractivity contribution in [3.05, 3.63) is 29.6 Å². The van der Waals surface area contributed by atoms with Crippen LogP contribution in [0.25, 0.3) is 10.1 Å². The summed E-state index contributed by atoms with van der Waals surface area (Å²) in [5.41, 5.74) is 6.06. The number of halogens is 1. The second-order valence-corrected chi connectivity index (χ2v) is 4.04. The van der Waals surface area contributed by atoms with Crippen LogP contribution in [-0.4, -0.2) is 0 Å². The van der Waals surface area contributed by atoms with Crippen molar-refractivity contribution < 1.29 is 4.39 Å². The van der Waals surface area contributed by atoms with Gasteiger partial charge in [-0.25, -0.2) is 4.39 Å². The van der Waals surface area contributed by atoms with E-state index in [9.17, 15) is 4.39 Å². The maximum Gasteiger partial charge on any atom is 0.128 e. The van der Waals surface area contributed by atoms with Gasteiger partial charge in [0, 0.05) is 15.6 Å². The van der Waals surface area contributed by atoms with E-state index in [1.807, 2.05) is 6.07 Å². The molecule has 14 heavy (non-hydrogen) atoms. The van der Waals surface area contributed by atoms with Gasteiger partial charge in [-0.2, -0.15) is 5.26 Å². The first-order valence-electron chi connectivity index (χ1n) is 4.05. The first kappa shape index (κ1) is 8.97. The Morgan fingerprint density at radius 3 is 3.00 bits per heavy atom. The van der Waals surface area contributed by atoms with E-state index in [0.29, 0.717) is 10.6 Å². The predicted molar refractivity (Wildman–Crippen MR) is 55.5 cm³/mol. The highest BCUT2D eigenvalue weighted by molar-refractivity contribution is 7.22. The fourth-order valence-electron chi connectivity index (χ4n) is 1.42. The Morgan fingerprint density at radius 2 is 2.29 bits per heavy atom. The molecule has 2 nitrogen and oxygen atoms in total. The number of hydrogen-bond acceptors (Lipinski definition) is 3. The average Bonchev–Trinajstić information content (AvgIpc) is 2.51. The van der Waals surface area contributed by atoms with E-state index in [2.05, 4.69) is 0 Å². The molecule has 1 aromatic carbocycles. The van der Waals surface area contributed by atoms with Crippen molar-refractivity contribution in [3.8, 4) is 6.07 Å². The van der Waals surface area contributed by atoms with Gasteiger partial charge in [0.15, 0.2) is 0 Å². The normalized spacial score (nSPS) is 10.3.